The monoisotopic (exact) mass is 311 g/mol. The van der Waals surface area contributed by atoms with Crippen LogP contribution in [0.4, 0.5) is 0 Å². The molecule has 0 unspecified atom stereocenters. The largest absolute Gasteiger partial charge is 0.481 e. The molecule has 1 aliphatic carbocycles. The van der Waals surface area contributed by atoms with Crippen molar-refractivity contribution in [2.24, 2.45) is 11.8 Å². The number of carboxylic acids is 1. The molecule has 0 aliphatic heterocycles. The molecule has 4 nitrogen and oxygen atoms in total. The minimum absolute atomic E-state index is 0.0850. The summed E-state index contributed by atoms with van der Waals surface area (Å²) in [6.07, 6.45) is 0.467. The van der Waals surface area contributed by atoms with E-state index in [0.717, 1.165) is 10.0 Å². The van der Waals surface area contributed by atoms with Crippen LogP contribution in [0.1, 0.15) is 12.0 Å². The molecule has 96 valence electrons. The Morgan fingerprint density at radius 3 is 2.61 bits per heavy atom. The van der Waals surface area contributed by atoms with Crippen LogP contribution in [0.3, 0.4) is 0 Å². The van der Waals surface area contributed by atoms with Gasteiger partial charge in [0.15, 0.2) is 0 Å². The van der Waals surface area contributed by atoms with E-state index in [9.17, 15) is 9.59 Å². The van der Waals surface area contributed by atoms with Crippen LogP contribution in [-0.2, 0) is 16.1 Å². The molecule has 2 atom stereocenters. The Morgan fingerprint density at radius 1 is 1.39 bits per heavy atom. The minimum atomic E-state index is -0.873. The fourth-order valence-electron chi connectivity index (χ4n) is 1.98. The topological polar surface area (TPSA) is 57.6 Å². The van der Waals surface area contributed by atoms with Crippen molar-refractivity contribution in [1.82, 2.24) is 4.90 Å². The SMILES string of the molecule is CN(Cc1ccccc1Br)C(=O)[C@@H]1C[C@@H]1C(=O)O. The number of hydrogen-bond acceptors (Lipinski definition) is 2. The summed E-state index contributed by atoms with van der Waals surface area (Å²) in [6, 6.07) is 7.69. The lowest BCUT2D eigenvalue weighted by Gasteiger charge is -2.18. The van der Waals surface area contributed by atoms with E-state index in [1.54, 1.807) is 11.9 Å². The van der Waals surface area contributed by atoms with Crippen molar-refractivity contribution in [2.75, 3.05) is 7.05 Å². The smallest absolute Gasteiger partial charge is 0.307 e. The molecule has 0 aromatic heterocycles. The highest BCUT2D eigenvalue weighted by Gasteiger charge is 2.49. The molecule has 0 bridgehead atoms. The first-order valence-corrected chi connectivity index (χ1v) is 6.51. The average Bonchev–Trinajstić information content (AvgIpc) is 3.11. The predicted molar refractivity (Wildman–Crippen MR) is 69.8 cm³/mol. The maximum Gasteiger partial charge on any atom is 0.307 e. The highest BCUT2D eigenvalue weighted by Crippen LogP contribution is 2.40. The molecule has 1 saturated carbocycles. The van der Waals surface area contributed by atoms with Crippen LogP contribution in [0.5, 0.6) is 0 Å². The lowest BCUT2D eigenvalue weighted by atomic mass is 10.2. The summed E-state index contributed by atoms with van der Waals surface area (Å²) in [6.45, 7) is 0.489. The van der Waals surface area contributed by atoms with Gasteiger partial charge in [-0.2, -0.15) is 0 Å². The zero-order chi connectivity index (χ0) is 13.3. The van der Waals surface area contributed by atoms with Gasteiger partial charge in [0.05, 0.1) is 11.8 Å². The zero-order valence-electron chi connectivity index (χ0n) is 9.97. The van der Waals surface area contributed by atoms with Crippen LogP contribution < -0.4 is 0 Å². The van der Waals surface area contributed by atoms with E-state index in [-0.39, 0.29) is 11.8 Å². The van der Waals surface area contributed by atoms with Crippen molar-refractivity contribution in [3.8, 4) is 0 Å². The number of halogens is 1. The van der Waals surface area contributed by atoms with E-state index in [2.05, 4.69) is 15.9 Å². The third-order valence-electron chi connectivity index (χ3n) is 3.17. The Hall–Kier alpha value is -1.36. The van der Waals surface area contributed by atoms with Gasteiger partial charge in [-0.25, -0.2) is 0 Å². The summed E-state index contributed by atoms with van der Waals surface area (Å²) in [4.78, 5) is 24.3. The van der Waals surface area contributed by atoms with Gasteiger partial charge in [-0.05, 0) is 18.1 Å². The number of amides is 1. The number of carbonyl (C=O) groups excluding carboxylic acids is 1. The number of rotatable bonds is 4. The first kappa shape index (κ1) is 13.1. The van der Waals surface area contributed by atoms with Crippen LogP contribution in [0.25, 0.3) is 0 Å². The van der Waals surface area contributed by atoms with Crippen molar-refractivity contribution in [3.63, 3.8) is 0 Å². The van der Waals surface area contributed by atoms with Gasteiger partial charge in [0.1, 0.15) is 0 Å². The van der Waals surface area contributed by atoms with Crippen LogP contribution in [0.2, 0.25) is 0 Å². The highest BCUT2D eigenvalue weighted by atomic mass is 79.9. The number of hydrogen-bond donors (Lipinski definition) is 1. The highest BCUT2D eigenvalue weighted by molar-refractivity contribution is 9.10. The molecule has 1 aromatic carbocycles. The second kappa shape index (κ2) is 5.10. The van der Waals surface area contributed by atoms with Gasteiger partial charge >= 0.3 is 5.97 Å². The van der Waals surface area contributed by atoms with Crippen molar-refractivity contribution in [3.05, 3.63) is 34.3 Å². The summed E-state index contributed by atoms with van der Waals surface area (Å²) in [7, 11) is 1.71. The molecule has 1 N–H and O–H groups in total. The van der Waals surface area contributed by atoms with Gasteiger partial charge in [0.2, 0.25) is 5.91 Å². The molecule has 0 heterocycles. The minimum Gasteiger partial charge on any atom is -0.481 e. The van der Waals surface area contributed by atoms with Crippen molar-refractivity contribution in [2.45, 2.75) is 13.0 Å². The van der Waals surface area contributed by atoms with Crippen molar-refractivity contribution in [1.29, 1.82) is 0 Å². The third kappa shape index (κ3) is 2.72. The Morgan fingerprint density at radius 2 is 2.06 bits per heavy atom. The Kier molecular flexibility index (Phi) is 3.71. The summed E-state index contributed by atoms with van der Waals surface area (Å²) >= 11 is 3.43. The molecule has 0 radical (unpaired) electrons. The number of nitrogens with zero attached hydrogens (tertiary/aromatic N) is 1. The van der Waals surface area contributed by atoms with Crippen LogP contribution in [-0.4, -0.2) is 28.9 Å². The van der Waals surface area contributed by atoms with Gasteiger partial charge in [-0.1, -0.05) is 34.1 Å². The molecule has 0 spiro atoms. The lowest BCUT2D eigenvalue weighted by Crippen LogP contribution is -2.28. The maximum atomic E-state index is 12.0. The fraction of sp³-hybridized carbons (Fsp3) is 0.385. The molecule has 1 amide bonds. The van der Waals surface area contributed by atoms with Gasteiger partial charge in [0, 0.05) is 18.1 Å². The standard InChI is InChI=1S/C13H14BrNO3/c1-15(7-8-4-2-3-5-11(8)14)12(16)9-6-10(9)13(17)18/h2-5,9-10H,6-7H2,1H3,(H,17,18)/t9-,10+/m1/s1. The molecule has 1 aliphatic rings. The second-order valence-corrected chi connectivity index (χ2v) is 5.43. The van der Waals surface area contributed by atoms with E-state index in [1.165, 1.54) is 0 Å². The summed E-state index contributed by atoms with van der Waals surface area (Å²) in [5.74, 6) is -1.78. The van der Waals surface area contributed by atoms with E-state index >= 15 is 0 Å². The molecule has 2 rings (SSSR count). The van der Waals surface area contributed by atoms with Gasteiger partial charge in [0.25, 0.3) is 0 Å². The lowest BCUT2D eigenvalue weighted by molar-refractivity contribution is -0.141. The van der Waals surface area contributed by atoms with Crippen LogP contribution >= 0.6 is 15.9 Å². The fourth-order valence-corrected chi connectivity index (χ4v) is 2.39. The van der Waals surface area contributed by atoms with Crippen molar-refractivity contribution >= 4 is 27.8 Å². The number of carboxylic acid groups (broad SMARTS) is 1. The summed E-state index contributed by atoms with van der Waals surface area (Å²) in [5, 5.41) is 8.81. The molecule has 0 saturated heterocycles. The quantitative estimate of drug-likeness (QED) is 0.926. The molecule has 18 heavy (non-hydrogen) atoms. The van der Waals surface area contributed by atoms with Crippen LogP contribution in [0, 0.1) is 11.8 Å². The Bertz CT molecular complexity index is 489. The number of carbonyl (C=O) groups is 2. The molecular weight excluding hydrogens is 298 g/mol. The first-order valence-electron chi connectivity index (χ1n) is 5.72. The predicted octanol–water partition coefficient (Wildman–Crippen LogP) is 2.13. The summed E-state index contributed by atoms with van der Waals surface area (Å²) < 4.78 is 0.954. The summed E-state index contributed by atoms with van der Waals surface area (Å²) in [5.41, 5.74) is 1.01. The molecule has 5 heteroatoms. The molecular formula is C13H14BrNO3. The number of aliphatic carboxylic acids is 1. The van der Waals surface area contributed by atoms with Crippen molar-refractivity contribution < 1.29 is 14.7 Å². The van der Waals surface area contributed by atoms with E-state index < -0.39 is 11.9 Å². The third-order valence-corrected chi connectivity index (χ3v) is 3.94. The first-order chi connectivity index (χ1) is 8.50. The molecule has 1 fully saturated rings. The normalized spacial score (nSPS) is 21.4. The Labute approximate surface area is 114 Å². The molecule has 1 aromatic rings. The van der Waals surface area contributed by atoms with Crippen LogP contribution in [0.15, 0.2) is 28.7 Å². The van der Waals surface area contributed by atoms with Gasteiger partial charge < -0.3 is 10.0 Å². The van der Waals surface area contributed by atoms with E-state index in [0.29, 0.717) is 13.0 Å². The van der Waals surface area contributed by atoms with E-state index in [1.807, 2.05) is 24.3 Å². The maximum absolute atomic E-state index is 12.0. The Balaban J connectivity index is 1.97. The second-order valence-electron chi connectivity index (χ2n) is 4.57. The van der Waals surface area contributed by atoms with E-state index in [4.69, 9.17) is 5.11 Å². The van der Waals surface area contributed by atoms with Gasteiger partial charge in [-0.15, -0.1) is 0 Å². The van der Waals surface area contributed by atoms with Gasteiger partial charge in [-0.3, -0.25) is 9.59 Å². The zero-order valence-corrected chi connectivity index (χ0v) is 11.6. The number of benzene rings is 1. The average molecular weight is 312 g/mol.